The molecule has 0 radical (unpaired) electrons. The summed E-state index contributed by atoms with van der Waals surface area (Å²) in [6, 6.07) is 0. The average molecular weight is 669 g/mol. The van der Waals surface area contributed by atoms with Crippen LogP contribution in [0.15, 0.2) is 23.8 Å². The van der Waals surface area contributed by atoms with E-state index in [0.29, 0.717) is 5.57 Å². The molecule has 1 saturated carbocycles. The van der Waals surface area contributed by atoms with Crippen molar-refractivity contribution in [2.45, 2.75) is 89.4 Å². The molecular formula is C31H40O16. The fourth-order valence-electron chi connectivity index (χ4n) is 7.27. The number of fused-ring (bicyclic) bond motifs is 3. The molecule has 260 valence electrons. The number of ether oxygens (including phenoxy) is 8. The average Bonchev–Trinajstić information content (AvgIpc) is 3.73. The van der Waals surface area contributed by atoms with Crippen LogP contribution in [0.3, 0.4) is 0 Å². The Balaban J connectivity index is 2.17. The second-order valence-electron chi connectivity index (χ2n) is 12.3. The van der Waals surface area contributed by atoms with Crippen molar-refractivity contribution in [1.82, 2.24) is 0 Å². The molecule has 47 heavy (non-hydrogen) atoms. The zero-order chi connectivity index (χ0) is 35.1. The predicted octanol–water partition coefficient (Wildman–Crippen LogP) is -0.542. The molecule has 2 heterocycles. The molecular weight excluding hydrogens is 628 g/mol. The van der Waals surface area contributed by atoms with Crippen molar-refractivity contribution in [3.63, 3.8) is 0 Å². The number of methoxy groups -OCH3 is 1. The van der Waals surface area contributed by atoms with Gasteiger partial charge in [0.05, 0.1) is 24.5 Å². The summed E-state index contributed by atoms with van der Waals surface area (Å²) in [5.41, 5.74) is -5.74. The van der Waals surface area contributed by atoms with E-state index in [0.717, 1.165) is 27.7 Å². The molecule has 16 nitrogen and oxygen atoms in total. The van der Waals surface area contributed by atoms with Crippen molar-refractivity contribution in [2.75, 3.05) is 26.9 Å². The largest absolute Gasteiger partial charge is 0.459 e. The molecule has 0 aromatic carbocycles. The van der Waals surface area contributed by atoms with Gasteiger partial charge in [-0.3, -0.25) is 24.0 Å². The summed E-state index contributed by atoms with van der Waals surface area (Å²) in [6.07, 6.45) is -5.37. The topological polar surface area (TPSA) is 220 Å². The van der Waals surface area contributed by atoms with E-state index in [9.17, 15) is 39.0 Å². The minimum atomic E-state index is -2.38. The van der Waals surface area contributed by atoms with Crippen molar-refractivity contribution >= 4 is 35.8 Å². The Morgan fingerprint density at radius 3 is 1.98 bits per heavy atom. The van der Waals surface area contributed by atoms with E-state index in [1.807, 2.05) is 0 Å². The number of aliphatic hydroxyl groups excluding tert-OH is 1. The fourth-order valence-corrected chi connectivity index (χ4v) is 7.27. The van der Waals surface area contributed by atoms with Crippen molar-refractivity contribution in [2.24, 2.45) is 17.3 Å². The van der Waals surface area contributed by atoms with Gasteiger partial charge in [0.15, 0.2) is 30.0 Å². The lowest BCUT2D eigenvalue weighted by Gasteiger charge is -2.59. The third kappa shape index (κ3) is 6.38. The molecule has 0 amide bonds. The Morgan fingerprint density at radius 2 is 1.47 bits per heavy atom. The van der Waals surface area contributed by atoms with Crippen LogP contribution < -0.4 is 0 Å². The summed E-state index contributed by atoms with van der Waals surface area (Å²) in [7, 11) is 1.39. The van der Waals surface area contributed by atoms with E-state index in [1.165, 1.54) is 39.2 Å². The van der Waals surface area contributed by atoms with Gasteiger partial charge in [-0.05, 0) is 24.6 Å². The number of hydrogen-bond acceptors (Lipinski definition) is 16. The maximum Gasteiger partial charge on any atom is 0.332 e. The minimum absolute atomic E-state index is 0.0981. The number of aliphatic hydroxyl groups is 2. The first-order valence-electron chi connectivity index (χ1n) is 14.9. The van der Waals surface area contributed by atoms with Crippen molar-refractivity contribution < 1.29 is 76.9 Å². The number of carbonyl (C=O) groups excluding carboxylic acids is 6. The van der Waals surface area contributed by atoms with E-state index in [-0.39, 0.29) is 13.2 Å². The lowest BCUT2D eigenvalue weighted by atomic mass is 9.51. The highest BCUT2D eigenvalue weighted by Crippen LogP contribution is 2.63. The number of hydrogen-bond donors (Lipinski definition) is 2. The second-order valence-corrected chi connectivity index (χ2v) is 12.3. The van der Waals surface area contributed by atoms with Gasteiger partial charge in [-0.1, -0.05) is 13.0 Å². The summed E-state index contributed by atoms with van der Waals surface area (Å²) in [5, 5.41) is 22.4. The molecule has 0 aromatic heterocycles. The highest BCUT2D eigenvalue weighted by Gasteiger charge is 2.81. The molecule has 11 atom stereocenters. The van der Waals surface area contributed by atoms with E-state index in [2.05, 4.69) is 0 Å². The molecule has 0 unspecified atom stereocenters. The third-order valence-electron chi connectivity index (χ3n) is 9.21. The van der Waals surface area contributed by atoms with Crippen LogP contribution in [-0.4, -0.2) is 121 Å². The van der Waals surface area contributed by atoms with Crippen LogP contribution >= 0.6 is 0 Å². The first-order valence-corrected chi connectivity index (χ1v) is 14.9. The first-order chi connectivity index (χ1) is 22.0. The van der Waals surface area contributed by atoms with Crippen molar-refractivity contribution in [3.8, 4) is 0 Å². The molecule has 2 saturated heterocycles. The SMILES string of the molecule is COCC1=C/[C@@H]2OC(=O)[C@H](C)[C@@]2(O)[C@@H](OC(C)=O)[C@H]2[C@@]3(CO3)[C@H](OC(C)=O)[C@H](OC(C)=O)[C@H](OC(C)=O)[C@]2(C)[C@H](OC(=O)CO)/C=C\1. The molecule has 4 aliphatic rings. The monoisotopic (exact) mass is 668 g/mol. The third-order valence-corrected chi connectivity index (χ3v) is 9.21. The molecule has 1 spiro atoms. The number of esters is 6. The van der Waals surface area contributed by atoms with E-state index in [1.54, 1.807) is 0 Å². The van der Waals surface area contributed by atoms with Gasteiger partial charge in [-0.25, -0.2) is 4.79 Å². The number of epoxide rings is 1. The maximum atomic E-state index is 13.2. The van der Waals surface area contributed by atoms with Crippen LogP contribution in [-0.2, 0) is 66.7 Å². The Morgan fingerprint density at radius 1 is 0.915 bits per heavy atom. The van der Waals surface area contributed by atoms with Crippen LogP contribution in [0, 0.1) is 17.3 Å². The van der Waals surface area contributed by atoms with Gasteiger partial charge in [-0.2, -0.15) is 0 Å². The zero-order valence-corrected chi connectivity index (χ0v) is 27.1. The molecule has 4 rings (SSSR count). The van der Waals surface area contributed by atoms with Gasteiger partial charge in [-0.15, -0.1) is 0 Å². The van der Waals surface area contributed by atoms with Crippen LogP contribution in [0.4, 0.5) is 0 Å². The smallest absolute Gasteiger partial charge is 0.332 e. The molecule has 0 bridgehead atoms. The minimum Gasteiger partial charge on any atom is -0.459 e. The quantitative estimate of drug-likeness (QED) is 0.188. The Kier molecular flexibility index (Phi) is 10.2. The number of carbonyl (C=O) groups is 6. The molecule has 2 aliphatic carbocycles. The molecule has 2 aliphatic heterocycles. The predicted molar refractivity (Wildman–Crippen MR) is 153 cm³/mol. The highest BCUT2D eigenvalue weighted by atomic mass is 16.7. The lowest BCUT2D eigenvalue weighted by molar-refractivity contribution is -0.279. The Hall–Kier alpha value is -3.86. The normalized spacial score (nSPS) is 40.7. The summed E-state index contributed by atoms with van der Waals surface area (Å²) in [4.78, 5) is 76.7. The van der Waals surface area contributed by atoms with Gasteiger partial charge in [0.2, 0.25) is 0 Å². The van der Waals surface area contributed by atoms with Gasteiger partial charge in [0.25, 0.3) is 0 Å². The zero-order valence-electron chi connectivity index (χ0n) is 27.1. The van der Waals surface area contributed by atoms with E-state index in [4.69, 9.17) is 37.9 Å². The molecule has 2 N–H and O–H groups in total. The molecule has 16 heteroatoms. The number of rotatable bonds is 8. The van der Waals surface area contributed by atoms with Crippen LogP contribution in [0.5, 0.6) is 0 Å². The van der Waals surface area contributed by atoms with Gasteiger partial charge >= 0.3 is 35.8 Å². The van der Waals surface area contributed by atoms with E-state index < -0.39 is 107 Å². The van der Waals surface area contributed by atoms with Crippen molar-refractivity contribution in [1.29, 1.82) is 0 Å². The molecule has 3 fully saturated rings. The van der Waals surface area contributed by atoms with Gasteiger partial charge < -0.3 is 48.1 Å². The summed E-state index contributed by atoms with van der Waals surface area (Å²) < 4.78 is 45.8. The summed E-state index contributed by atoms with van der Waals surface area (Å²) in [6.45, 7) is 5.67. The van der Waals surface area contributed by atoms with Gasteiger partial charge in [0.1, 0.15) is 24.4 Å². The maximum absolute atomic E-state index is 13.2. The van der Waals surface area contributed by atoms with Crippen LogP contribution in [0.25, 0.3) is 0 Å². The molecule has 0 aromatic rings. The Labute approximate surface area is 270 Å². The lowest BCUT2D eigenvalue weighted by Crippen LogP contribution is -2.76. The standard InChI is InChI=1S/C31H40O16/c1-14-28(38)47-21-10-19(12-40-7)8-9-20(46-22(37)11-32)29(6)24(27(31(14,21)39)45-18(5)36)30(13-41-30)26(44-17(4)35)23(42-15(2)33)25(29)43-16(3)34/h8-10,14,20-21,23-27,32,39H,11-13H2,1-7H3/b9-8-,19-10+/t14-,20+,21-,23+,24+,25-,26+,27-,29+,30-,31-/m0/s1. The van der Waals surface area contributed by atoms with Crippen LogP contribution in [0.2, 0.25) is 0 Å². The van der Waals surface area contributed by atoms with E-state index >= 15 is 0 Å². The summed E-state index contributed by atoms with van der Waals surface area (Å²) in [5.74, 6) is -8.33. The summed E-state index contributed by atoms with van der Waals surface area (Å²) >= 11 is 0. The fraction of sp³-hybridized carbons (Fsp3) is 0.677. The first kappa shape index (κ1) is 36.0. The van der Waals surface area contributed by atoms with Gasteiger partial charge in [0, 0.05) is 40.7 Å². The Bertz CT molecular complexity index is 1360. The highest BCUT2D eigenvalue weighted by molar-refractivity contribution is 5.78. The van der Waals surface area contributed by atoms with Crippen molar-refractivity contribution in [3.05, 3.63) is 23.8 Å². The second kappa shape index (κ2) is 13.3. The van der Waals surface area contributed by atoms with Crippen LogP contribution in [0.1, 0.15) is 41.5 Å².